The highest BCUT2D eigenvalue weighted by Crippen LogP contribution is 2.31. The Morgan fingerprint density at radius 2 is 1.95 bits per heavy atom. The Bertz CT molecular complexity index is 948. The van der Waals surface area contributed by atoms with Crippen molar-refractivity contribution in [3.8, 4) is 0 Å². The molecular formula is C12H10N6O2S. The predicted octanol–water partition coefficient (Wildman–Crippen LogP) is 0.322. The second-order valence-electron chi connectivity index (χ2n) is 4.22. The molecule has 0 saturated heterocycles. The highest BCUT2D eigenvalue weighted by atomic mass is 32.2. The lowest BCUT2D eigenvalue weighted by atomic mass is 10.2. The molecule has 0 aliphatic heterocycles. The summed E-state index contributed by atoms with van der Waals surface area (Å²) in [6.45, 7) is 0. The molecule has 1 aromatic carbocycles. The first-order valence-electron chi connectivity index (χ1n) is 5.84. The predicted molar refractivity (Wildman–Crippen MR) is 80.2 cm³/mol. The Morgan fingerprint density at radius 1 is 1.14 bits per heavy atom. The molecule has 0 aliphatic carbocycles. The molecule has 8 nitrogen and oxygen atoms in total. The van der Waals surface area contributed by atoms with E-state index in [1.54, 1.807) is 6.07 Å². The number of benzene rings is 1. The van der Waals surface area contributed by atoms with Crippen molar-refractivity contribution in [2.45, 2.75) is 10.1 Å². The van der Waals surface area contributed by atoms with Crippen molar-refractivity contribution >= 4 is 34.2 Å². The molecule has 0 fully saturated rings. The van der Waals surface area contributed by atoms with E-state index in [1.807, 2.05) is 0 Å². The van der Waals surface area contributed by atoms with E-state index in [4.69, 9.17) is 11.5 Å². The third kappa shape index (κ3) is 2.58. The fourth-order valence-corrected chi connectivity index (χ4v) is 2.67. The van der Waals surface area contributed by atoms with Crippen molar-refractivity contribution in [2.75, 3.05) is 11.5 Å². The summed E-state index contributed by atoms with van der Waals surface area (Å²) < 4.78 is 0. The van der Waals surface area contributed by atoms with Crippen LogP contribution in [0.5, 0.6) is 0 Å². The number of hydrogen-bond donors (Lipinski definition) is 4. The smallest absolute Gasteiger partial charge is 0.258 e. The van der Waals surface area contributed by atoms with Gasteiger partial charge in [-0.15, -0.1) is 0 Å². The van der Waals surface area contributed by atoms with Gasteiger partial charge in [-0.2, -0.15) is 0 Å². The van der Waals surface area contributed by atoms with E-state index in [1.165, 1.54) is 18.5 Å². The van der Waals surface area contributed by atoms with Crippen molar-refractivity contribution in [3.63, 3.8) is 0 Å². The lowest BCUT2D eigenvalue weighted by Gasteiger charge is -2.06. The summed E-state index contributed by atoms with van der Waals surface area (Å²) in [5.74, 6) is 0.121. The normalized spacial score (nSPS) is 10.9. The number of nitrogens with one attached hydrogen (secondary N) is 2. The fourth-order valence-electron chi connectivity index (χ4n) is 1.81. The molecule has 106 valence electrons. The SMILES string of the molecule is Nc1cc(=O)[nH]c(Sc2cc3nc[nH]c(=O)c3cc2N)n1. The van der Waals surface area contributed by atoms with E-state index in [0.29, 0.717) is 26.6 Å². The van der Waals surface area contributed by atoms with Gasteiger partial charge >= 0.3 is 0 Å². The van der Waals surface area contributed by atoms with Crippen LogP contribution in [0.4, 0.5) is 11.5 Å². The standard InChI is InChI=1S/C12H10N6O2S/c13-6-1-5-7(15-4-16-11(5)20)2-8(6)21-12-17-9(14)3-10(19)18-12/h1-4H,13H2,(H,15,16,20)(H3,14,17,18,19). The molecular weight excluding hydrogens is 292 g/mol. The van der Waals surface area contributed by atoms with Gasteiger partial charge in [-0.05, 0) is 23.9 Å². The van der Waals surface area contributed by atoms with Gasteiger partial charge in [-0.25, -0.2) is 9.97 Å². The van der Waals surface area contributed by atoms with Crippen LogP contribution in [0.1, 0.15) is 0 Å². The quantitative estimate of drug-likeness (QED) is 0.394. The van der Waals surface area contributed by atoms with E-state index in [0.717, 1.165) is 11.8 Å². The van der Waals surface area contributed by atoms with Crippen LogP contribution in [0, 0.1) is 0 Å². The van der Waals surface area contributed by atoms with Gasteiger partial charge in [0.15, 0.2) is 5.16 Å². The number of aromatic amines is 2. The minimum Gasteiger partial charge on any atom is -0.398 e. The molecule has 0 bridgehead atoms. The lowest BCUT2D eigenvalue weighted by molar-refractivity contribution is 0.945. The van der Waals surface area contributed by atoms with Crippen molar-refractivity contribution in [1.29, 1.82) is 0 Å². The number of hydrogen-bond acceptors (Lipinski definition) is 7. The van der Waals surface area contributed by atoms with Gasteiger partial charge in [0.25, 0.3) is 11.1 Å². The highest BCUT2D eigenvalue weighted by Gasteiger charge is 2.09. The van der Waals surface area contributed by atoms with Crippen LogP contribution in [0.2, 0.25) is 0 Å². The largest absolute Gasteiger partial charge is 0.398 e. The van der Waals surface area contributed by atoms with Crippen molar-refractivity contribution in [2.24, 2.45) is 0 Å². The number of rotatable bonds is 2. The van der Waals surface area contributed by atoms with Gasteiger partial charge in [-0.1, -0.05) is 0 Å². The molecule has 0 amide bonds. The van der Waals surface area contributed by atoms with Crippen LogP contribution in [0.3, 0.4) is 0 Å². The average molecular weight is 302 g/mol. The highest BCUT2D eigenvalue weighted by molar-refractivity contribution is 7.99. The van der Waals surface area contributed by atoms with Gasteiger partial charge < -0.3 is 21.4 Å². The molecule has 0 spiro atoms. The Hall–Kier alpha value is -2.81. The average Bonchev–Trinajstić information content (AvgIpc) is 2.40. The van der Waals surface area contributed by atoms with Gasteiger partial charge in [0, 0.05) is 16.6 Å². The van der Waals surface area contributed by atoms with Crippen LogP contribution < -0.4 is 22.6 Å². The maximum atomic E-state index is 11.7. The molecule has 0 atom stereocenters. The Labute approximate surface area is 121 Å². The van der Waals surface area contributed by atoms with Crippen molar-refractivity contribution in [1.82, 2.24) is 19.9 Å². The number of H-pyrrole nitrogens is 2. The molecule has 2 heterocycles. The molecule has 9 heteroatoms. The first kappa shape index (κ1) is 13.2. The summed E-state index contributed by atoms with van der Waals surface area (Å²) in [7, 11) is 0. The number of nitrogens with zero attached hydrogens (tertiary/aromatic N) is 2. The summed E-state index contributed by atoms with van der Waals surface area (Å²) in [5, 5.41) is 0.712. The minimum atomic E-state index is -0.348. The Balaban J connectivity index is 2.10. The molecule has 0 saturated carbocycles. The second kappa shape index (κ2) is 4.94. The first-order valence-corrected chi connectivity index (χ1v) is 6.66. The zero-order chi connectivity index (χ0) is 15.0. The van der Waals surface area contributed by atoms with E-state index in [9.17, 15) is 9.59 Å². The van der Waals surface area contributed by atoms with E-state index >= 15 is 0 Å². The maximum Gasteiger partial charge on any atom is 0.258 e. The van der Waals surface area contributed by atoms with Gasteiger partial charge in [0.05, 0.1) is 17.2 Å². The minimum absolute atomic E-state index is 0.121. The van der Waals surface area contributed by atoms with Crippen molar-refractivity contribution in [3.05, 3.63) is 45.2 Å². The zero-order valence-electron chi connectivity index (χ0n) is 10.6. The van der Waals surface area contributed by atoms with Gasteiger partial charge in [-0.3, -0.25) is 9.59 Å². The maximum absolute atomic E-state index is 11.7. The van der Waals surface area contributed by atoms with Gasteiger partial charge in [0.1, 0.15) is 5.82 Å². The molecule has 21 heavy (non-hydrogen) atoms. The number of aromatic nitrogens is 4. The summed E-state index contributed by atoms with van der Waals surface area (Å²) in [6.07, 6.45) is 1.32. The summed E-state index contributed by atoms with van der Waals surface area (Å²) >= 11 is 1.14. The third-order valence-corrected chi connectivity index (χ3v) is 3.68. The number of anilines is 2. The number of nitrogen functional groups attached to an aromatic ring is 2. The molecule has 3 rings (SSSR count). The first-order chi connectivity index (χ1) is 10.0. The van der Waals surface area contributed by atoms with E-state index in [-0.39, 0.29) is 16.9 Å². The number of nitrogens with two attached hydrogens (primary N) is 2. The Morgan fingerprint density at radius 3 is 2.71 bits per heavy atom. The molecule has 3 aromatic rings. The summed E-state index contributed by atoms with van der Waals surface area (Å²) in [4.78, 5) is 36.8. The van der Waals surface area contributed by atoms with Crippen LogP contribution in [0.15, 0.2) is 44.2 Å². The van der Waals surface area contributed by atoms with E-state index in [2.05, 4.69) is 19.9 Å². The van der Waals surface area contributed by atoms with Crippen LogP contribution >= 0.6 is 11.8 Å². The van der Waals surface area contributed by atoms with Crippen LogP contribution in [-0.2, 0) is 0 Å². The van der Waals surface area contributed by atoms with Crippen LogP contribution in [0.25, 0.3) is 10.9 Å². The summed E-state index contributed by atoms with van der Waals surface area (Å²) in [5.41, 5.74) is 11.7. The third-order valence-electron chi connectivity index (χ3n) is 2.72. The monoisotopic (exact) mass is 302 g/mol. The zero-order valence-corrected chi connectivity index (χ0v) is 11.4. The molecule has 0 radical (unpaired) electrons. The molecule has 6 N–H and O–H groups in total. The Kier molecular flexibility index (Phi) is 3.10. The lowest BCUT2D eigenvalue weighted by Crippen LogP contribution is -2.09. The van der Waals surface area contributed by atoms with Crippen LogP contribution in [-0.4, -0.2) is 19.9 Å². The summed E-state index contributed by atoms with van der Waals surface area (Å²) in [6, 6.07) is 4.39. The molecule has 2 aromatic heterocycles. The second-order valence-corrected chi connectivity index (χ2v) is 5.25. The number of fused-ring (bicyclic) bond motifs is 1. The topological polar surface area (TPSA) is 144 Å². The molecule has 0 aliphatic rings. The van der Waals surface area contributed by atoms with E-state index < -0.39 is 0 Å². The van der Waals surface area contributed by atoms with Gasteiger partial charge in [0.2, 0.25) is 0 Å². The fraction of sp³-hybridized carbons (Fsp3) is 0. The molecule has 0 unspecified atom stereocenters. The van der Waals surface area contributed by atoms with Crippen molar-refractivity contribution < 1.29 is 0 Å².